The molecule has 4 heterocycles. The quantitative estimate of drug-likeness (QED) is 0.645. The summed E-state index contributed by atoms with van der Waals surface area (Å²) in [6.45, 7) is 5.55. The minimum atomic E-state index is 0.267. The Kier molecular flexibility index (Phi) is 5.06. The van der Waals surface area contributed by atoms with Gasteiger partial charge in [-0.25, -0.2) is 4.98 Å². The first kappa shape index (κ1) is 19.6. The number of halogens is 1. The summed E-state index contributed by atoms with van der Waals surface area (Å²) in [5, 5.41) is 9.74. The molecule has 5 rings (SSSR count). The summed E-state index contributed by atoms with van der Waals surface area (Å²) in [5.74, 6) is 1.40. The zero-order chi connectivity index (χ0) is 20.8. The van der Waals surface area contributed by atoms with Gasteiger partial charge in [0.25, 0.3) is 5.88 Å². The van der Waals surface area contributed by atoms with Crippen molar-refractivity contribution in [2.45, 2.75) is 58.2 Å². The van der Waals surface area contributed by atoms with Gasteiger partial charge >= 0.3 is 0 Å². The molecule has 3 aromatic heterocycles. The summed E-state index contributed by atoms with van der Waals surface area (Å²) in [6.07, 6.45) is 8.24. The Hall–Kier alpha value is -2.32. The molecule has 0 saturated heterocycles. The maximum atomic E-state index is 6.39. The number of anilines is 2. The van der Waals surface area contributed by atoms with Gasteiger partial charge in [0.05, 0.1) is 34.9 Å². The van der Waals surface area contributed by atoms with E-state index < -0.39 is 0 Å². The summed E-state index contributed by atoms with van der Waals surface area (Å²) >= 11 is 6.39. The van der Waals surface area contributed by atoms with E-state index in [1.807, 2.05) is 6.20 Å². The average molecular weight is 431 g/mol. The molecule has 3 aromatic rings. The van der Waals surface area contributed by atoms with E-state index in [1.54, 1.807) is 13.3 Å². The zero-order valence-corrected chi connectivity index (χ0v) is 18.3. The van der Waals surface area contributed by atoms with Crippen LogP contribution in [0.25, 0.3) is 11.0 Å². The van der Waals surface area contributed by atoms with Gasteiger partial charge in [0, 0.05) is 32.0 Å². The van der Waals surface area contributed by atoms with Crippen LogP contribution in [0.1, 0.15) is 44.3 Å². The van der Waals surface area contributed by atoms with E-state index in [1.165, 1.54) is 0 Å². The lowest BCUT2D eigenvalue weighted by Crippen LogP contribution is -2.24. The van der Waals surface area contributed by atoms with Gasteiger partial charge in [-0.3, -0.25) is 4.68 Å². The first-order chi connectivity index (χ1) is 14.5. The lowest BCUT2D eigenvalue weighted by atomic mass is 9.93. The topological polar surface area (TPSA) is 79.0 Å². The van der Waals surface area contributed by atoms with E-state index >= 15 is 0 Å². The molecule has 1 atom stereocenters. The highest BCUT2D eigenvalue weighted by molar-refractivity contribution is 6.35. The molecule has 1 fully saturated rings. The molecule has 0 amide bonds. The molecule has 0 unspecified atom stereocenters. The number of ether oxygens (including phenoxy) is 2. The summed E-state index contributed by atoms with van der Waals surface area (Å²) in [7, 11) is 1.80. The number of aromatic nitrogens is 5. The minimum absolute atomic E-state index is 0.267. The van der Waals surface area contributed by atoms with Gasteiger partial charge < -0.3 is 19.4 Å². The Bertz CT molecular complexity index is 1070. The number of methoxy groups -OCH3 is 1. The first-order valence-corrected chi connectivity index (χ1v) is 10.9. The smallest absolute Gasteiger partial charge is 0.257 e. The molecule has 8 nitrogen and oxygen atoms in total. The van der Waals surface area contributed by atoms with E-state index in [-0.39, 0.29) is 5.92 Å². The second-order valence-electron chi connectivity index (χ2n) is 8.48. The SMILES string of the molecule is COC1CCC(n2nc3c(c2C)Nc2ncc4c(Cl)cn(c4n2)C[C@@H](C)CO3)CC1. The fourth-order valence-electron chi connectivity index (χ4n) is 4.57. The third-order valence-corrected chi connectivity index (χ3v) is 6.56. The molecule has 0 radical (unpaired) electrons. The van der Waals surface area contributed by atoms with E-state index in [0.717, 1.165) is 54.6 Å². The molecule has 1 aliphatic heterocycles. The maximum absolute atomic E-state index is 6.39. The monoisotopic (exact) mass is 430 g/mol. The maximum Gasteiger partial charge on any atom is 0.257 e. The van der Waals surface area contributed by atoms with Crippen molar-refractivity contribution in [1.82, 2.24) is 24.3 Å². The Morgan fingerprint density at radius 2 is 2.07 bits per heavy atom. The number of hydrogen-bond donors (Lipinski definition) is 1. The van der Waals surface area contributed by atoms with Crippen molar-refractivity contribution in [2.24, 2.45) is 5.92 Å². The predicted octanol–water partition coefficient (Wildman–Crippen LogP) is 4.49. The van der Waals surface area contributed by atoms with E-state index in [2.05, 4.69) is 33.4 Å². The second kappa shape index (κ2) is 7.74. The molecule has 30 heavy (non-hydrogen) atoms. The largest absolute Gasteiger partial charge is 0.475 e. The van der Waals surface area contributed by atoms with Gasteiger partial charge in [-0.1, -0.05) is 18.5 Å². The molecular formula is C21H27ClN6O2. The standard InChI is InChI=1S/C21H27ClN6O2/c1-12-9-27-10-17(22)16-8-23-21(25-19(16)27)24-18-13(2)28(26-20(18)30-11-12)14-4-6-15(29-3)7-5-14/h8,10,12,14-15H,4-7,9,11H2,1-3H3,(H,23,24,25)/t12-,14?,15?/m1/s1. The molecule has 1 saturated carbocycles. The van der Waals surface area contributed by atoms with Gasteiger partial charge in [0.15, 0.2) is 0 Å². The van der Waals surface area contributed by atoms with Gasteiger partial charge in [-0.2, -0.15) is 4.98 Å². The Labute approximate surface area is 180 Å². The summed E-state index contributed by atoms with van der Waals surface area (Å²) in [4.78, 5) is 9.22. The second-order valence-corrected chi connectivity index (χ2v) is 8.89. The third kappa shape index (κ3) is 3.41. The van der Waals surface area contributed by atoms with Crippen molar-refractivity contribution in [3.05, 3.63) is 23.1 Å². The van der Waals surface area contributed by atoms with Crippen LogP contribution >= 0.6 is 11.6 Å². The fourth-order valence-corrected chi connectivity index (χ4v) is 4.82. The van der Waals surface area contributed by atoms with Crippen molar-refractivity contribution < 1.29 is 9.47 Å². The van der Waals surface area contributed by atoms with Crippen LogP contribution < -0.4 is 10.1 Å². The minimum Gasteiger partial charge on any atom is -0.475 e. The van der Waals surface area contributed by atoms with Crippen LogP contribution in [-0.4, -0.2) is 44.1 Å². The molecule has 160 valence electrons. The van der Waals surface area contributed by atoms with E-state index in [9.17, 15) is 0 Å². The molecule has 1 aliphatic carbocycles. The fraction of sp³-hybridized carbons (Fsp3) is 0.571. The van der Waals surface area contributed by atoms with Gasteiger partial charge in [-0.15, -0.1) is 5.10 Å². The molecular weight excluding hydrogens is 404 g/mol. The molecule has 0 spiro atoms. The number of hydrogen-bond acceptors (Lipinski definition) is 6. The molecule has 9 heteroatoms. The number of rotatable bonds is 2. The van der Waals surface area contributed by atoms with Crippen molar-refractivity contribution in [2.75, 3.05) is 19.0 Å². The summed E-state index contributed by atoms with van der Waals surface area (Å²) in [5.41, 5.74) is 2.70. The van der Waals surface area contributed by atoms with Crippen molar-refractivity contribution in [3.8, 4) is 5.88 Å². The van der Waals surface area contributed by atoms with E-state index in [4.69, 9.17) is 31.2 Å². The normalized spacial score (nSPS) is 24.2. The summed E-state index contributed by atoms with van der Waals surface area (Å²) < 4.78 is 15.9. The first-order valence-electron chi connectivity index (χ1n) is 10.6. The lowest BCUT2D eigenvalue weighted by Gasteiger charge is -2.28. The Morgan fingerprint density at radius 3 is 2.83 bits per heavy atom. The van der Waals surface area contributed by atoms with Gasteiger partial charge in [0.2, 0.25) is 5.95 Å². The molecule has 0 aromatic carbocycles. The number of fused-ring (bicyclic) bond motifs is 2. The summed E-state index contributed by atoms with van der Waals surface area (Å²) in [6, 6.07) is 0.346. The van der Waals surface area contributed by atoms with Crippen LogP contribution in [0.2, 0.25) is 5.02 Å². The average Bonchev–Trinajstić information content (AvgIpc) is 3.22. The van der Waals surface area contributed by atoms with Crippen LogP contribution in [-0.2, 0) is 11.3 Å². The van der Waals surface area contributed by atoms with Crippen molar-refractivity contribution in [1.29, 1.82) is 0 Å². The lowest BCUT2D eigenvalue weighted by molar-refractivity contribution is 0.0563. The zero-order valence-electron chi connectivity index (χ0n) is 17.6. The van der Waals surface area contributed by atoms with Crippen LogP contribution in [0.5, 0.6) is 5.88 Å². The van der Waals surface area contributed by atoms with Crippen LogP contribution in [0.3, 0.4) is 0 Å². The third-order valence-electron chi connectivity index (χ3n) is 6.26. The Balaban J connectivity index is 1.53. The molecule has 1 N–H and O–H groups in total. The van der Waals surface area contributed by atoms with Gasteiger partial charge in [0.1, 0.15) is 11.3 Å². The number of nitrogens with zero attached hydrogens (tertiary/aromatic N) is 5. The van der Waals surface area contributed by atoms with Gasteiger partial charge in [-0.05, 0) is 32.6 Å². The van der Waals surface area contributed by atoms with Crippen LogP contribution in [0, 0.1) is 12.8 Å². The molecule has 2 aliphatic rings. The highest BCUT2D eigenvalue weighted by atomic mass is 35.5. The van der Waals surface area contributed by atoms with E-state index in [0.29, 0.717) is 35.6 Å². The number of nitrogens with one attached hydrogen (secondary N) is 1. The van der Waals surface area contributed by atoms with Crippen molar-refractivity contribution in [3.63, 3.8) is 0 Å². The Morgan fingerprint density at radius 1 is 1.27 bits per heavy atom. The van der Waals surface area contributed by atoms with Crippen LogP contribution in [0.15, 0.2) is 12.4 Å². The molecule has 2 bridgehead atoms. The highest BCUT2D eigenvalue weighted by Crippen LogP contribution is 2.37. The van der Waals surface area contributed by atoms with Crippen LogP contribution in [0.4, 0.5) is 11.6 Å². The van der Waals surface area contributed by atoms with Crippen molar-refractivity contribution >= 4 is 34.3 Å². The predicted molar refractivity (Wildman–Crippen MR) is 116 cm³/mol. The highest BCUT2D eigenvalue weighted by Gasteiger charge is 2.28.